The van der Waals surface area contributed by atoms with Gasteiger partial charge in [0.2, 0.25) is 17.6 Å². The first-order valence-corrected chi connectivity index (χ1v) is 8.89. The predicted molar refractivity (Wildman–Crippen MR) is 97.8 cm³/mol. The summed E-state index contributed by atoms with van der Waals surface area (Å²) in [6.07, 6.45) is 4.71. The van der Waals surface area contributed by atoms with Gasteiger partial charge in [-0.3, -0.25) is 9.78 Å². The first kappa shape index (κ1) is 17.2. The molecule has 3 aromatic rings. The minimum atomic E-state index is -0.126. The van der Waals surface area contributed by atoms with Crippen LogP contribution >= 0.6 is 0 Å². The van der Waals surface area contributed by atoms with Gasteiger partial charge in [0.25, 0.3) is 0 Å². The number of ether oxygens (including phenoxy) is 1. The Bertz CT molecular complexity index is 926. The minimum Gasteiger partial charge on any atom is -0.493 e. The van der Waals surface area contributed by atoms with E-state index in [4.69, 9.17) is 9.26 Å². The number of aromatic nitrogens is 3. The molecule has 0 aliphatic carbocycles. The summed E-state index contributed by atoms with van der Waals surface area (Å²) in [4.78, 5) is 23.0. The molecule has 1 aliphatic rings. The van der Waals surface area contributed by atoms with Gasteiger partial charge in [-0.1, -0.05) is 23.4 Å². The van der Waals surface area contributed by atoms with Crippen LogP contribution in [-0.4, -0.2) is 39.6 Å². The number of carbonyl (C=O) groups excluding carboxylic acids is 1. The Kier molecular flexibility index (Phi) is 4.82. The summed E-state index contributed by atoms with van der Waals surface area (Å²) in [5.74, 6) is 1.66. The fourth-order valence-corrected chi connectivity index (χ4v) is 3.23. The van der Waals surface area contributed by atoms with Crippen LogP contribution in [0.25, 0.3) is 11.4 Å². The predicted octanol–water partition coefficient (Wildman–Crippen LogP) is 2.73. The zero-order valence-electron chi connectivity index (χ0n) is 15.0. The summed E-state index contributed by atoms with van der Waals surface area (Å²) in [7, 11) is 1.76. The third-order valence-corrected chi connectivity index (χ3v) is 4.65. The van der Waals surface area contributed by atoms with Crippen molar-refractivity contribution in [1.29, 1.82) is 0 Å². The summed E-state index contributed by atoms with van der Waals surface area (Å²) in [5.41, 5.74) is 1.84. The molecule has 0 N–H and O–H groups in total. The van der Waals surface area contributed by atoms with Crippen molar-refractivity contribution in [3.63, 3.8) is 0 Å². The molecule has 1 aliphatic heterocycles. The van der Waals surface area contributed by atoms with Gasteiger partial charge in [-0.25, -0.2) is 0 Å². The van der Waals surface area contributed by atoms with E-state index in [0.29, 0.717) is 31.2 Å². The van der Waals surface area contributed by atoms with E-state index in [-0.39, 0.29) is 18.4 Å². The number of benzene rings is 1. The Morgan fingerprint density at radius 1 is 1.26 bits per heavy atom. The van der Waals surface area contributed by atoms with Crippen LogP contribution in [0.15, 0.2) is 53.3 Å². The largest absolute Gasteiger partial charge is 0.493 e. The van der Waals surface area contributed by atoms with Crippen LogP contribution in [0.4, 0.5) is 0 Å². The Labute approximate surface area is 157 Å². The number of hydrogen-bond acceptors (Lipinski definition) is 6. The smallest absolute Gasteiger partial charge is 0.246 e. The third kappa shape index (κ3) is 3.81. The van der Waals surface area contributed by atoms with Crippen LogP contribution in [0, 0.1) is 5.92 Å². The molecule has 7 nitrogen and oxygen atoms in total. The van der Waals surface area contributed by atoms with Gasteiger partial charge in [0.1, 0.15) is 5.75 Å². The van der Waals surface area contributed by atoms with Gasteiger partial charge in [0, 0.05) is 30.9 Å². The number of para-hydroxylation sites is 1. The van der Waals surface area contributed by atoms with Gasteiger partial charge in [-0.2, -0.15) is 4.98 Å². The maximum Gasteiger partial charge on any atom is 0.246 e. The maximum atomic E-state index is 12.9. The molecule has 1 atom stereocenters. The monoisotopic (exact) mass is 364 g/mol. The average molecular weight is 364 g/mol. The third-order valence-electron chi connectivity index (χ3n) is 4.65. The molecule has 0 spiro atoms. The van der Waals surface area contributed by atoms with Gasteiger partial charge in [0.05, 0.1) is 13.2 Å². The number of pyridine rings is 1. The molecular weight excluding hydrogens is 344 g/mol. The van der Waals surface area contributed by atoms with E-state index in [9.17, 15) is 4.79 Å². The molecule has 2 aromatic heterocycles. The van der Waals surface area contributed by atoms with E-state index in [2.05, 4.69) is 15.1 Å². The molecule has 3 heterocycles. The van der Waals surface area contributed by atoms with Gasteiger partial charge in [-0.15, -0.1) is 0 Å². The molecule has 0 unspecified atom stereocenters. The first-order chi connectivity index (χ1) is 13.2. The minimum absolute atomic E-state index is 0.0523. The van der Waals surface area contributed by atoms with Crippen molar-refractivity contribution in [1.82, 2.24) is 20.0 Å². The van der Waals surface area contributed by atoms with Crippen molar-refractivity contribution in [2.24, 2.45) is 5.92 Å². The highest BCUT2D eigenvalue weighted by atomic mass is 16.5. The number of nitrogens with zero attached hydrogens (tertiary/aromatic N) is 4. The number of amides is 1. The second kappa shape index (κ2) is 7.57. The highest BCUT2D eigenvalue weighted by Crippen LogP contribution is 2.27. The van der Waals surface area contributed by atoms with E-state index in [1.165, 1.54) is 0 Å². The molecule has 138 valence electrons. The van der Waals surface area contributed by atoms with E-state index >= 15 is 0 Å². The number of carbonyl (C=O) groups is 1. The lowest BCUT2D eigenvalue weighted by Crippen LogP contribution is -2.34. The molecule has 1 aromatic carbocycles. The molecule has 0 saturated heterocycles. The highest BCUT2D eigenvalue weighted by Gasteiger charge is 2.27. The molecule has 0 fully saturated rings. The maximum absolute atomic E-state index is 12.9. The van der Waals surface area contributed by atoms with Crippen LogP contribution < -0.4 is 4.74 Å². The van der Waals surface area contributed by atoms with Gasteiger partial charge >= 0.3 is 0 Å². The molecule has 0 saturated carbocycles. The van der Waals surface area contributed by atoms with Crippen molar-refractivity contribution in [2.45, 2.75) is 19.4 Å². The summed E-state index contributed by atoms with van der Waals surface area (Å²) in [6, 6.07) is 11.6. The van der Waals surface area contributed by atoms with E-state index in [1.54, 1.807) is 24.3 Å². The SMILES string of the molecule is CN(Cc1nc(-c2cccnc2)no1)C(=O)[C@@H]1CCOc2ccccc2C1. The number of rotatable bonds is 4. The van der Waals surface area contributed by atoms with Crippen LogP contribution in [-0.2, 0) is 17.8 Å². The number of hydrogen-bond donors (Lipinski definition) is 0. The van der Waals surface area contributed by atoms with Gasteiger partial charge in [-0.05, 0) is 36.6 Å². The molecule has 0 bridgehead atoms. The van der Waals surface area contributed by atoms with E-state index < -0.39 is 0 Å². The second-order valence-electron chi connectivity index (χ2n) is 6.59. The standard InChI is InChI=1S/C20H20N4O3/c1-24(13-18-22-19(23-27-18)16-6-4-9-21-12-16)20(25)15-8-10-26-17-7-3-2-5-14(17)11-15/h2-7,9,12,15H,8,10-11,13H2,1H3/t15-/m1/s1. The van der Waals surface area contributed by atoms with Crippen LogP contribution in [0.2, 0.25) is 0 Å². The Hall–Kier alpha value is -3.22. The van der Waals surface area contributed by atoms with Crippen LogP contribution in [0.3, 0.4) is 0 Å². The van der Waals surface area contributed by atoms with Crippen molar-refractivity contribution in [3.8, 4) is 17.1 Å². The van der Waals surface area contributed by atoms with Crippen molar-refractivity contribution in [2.75, 3.05) is 13.7 Å². The first-order valence-electron chi connectivity index (χ1n) is 8.89. The fraction of sp³-hybridized carbons (Fsp3) is 0.300. The van der Waals surface area contributed by atoms with E-state index in [0.717, 1.165) is 16.9 Å². The van der Waals surface area contributed by atoms with Crippen LogP contribution in [0.5, 0.6) is 5.75 Å². The zero-order chi connectivity index (χ0) is 18.6. The fourth-order valence-electron chi connectivity index (χ4n) is 3.23. The lowest BCUT2D eigenvalue weighted by Gasteiger charge is -2.21. The normalized spacial score (nSPS) is 16.1. The highest BCUT2D eigenvalue weighted by molar-refractivity contribution is 5.79. The molecule has 0 radical (unpaired) electrons. The topological polar surface area (TPSA) is 81.4 Å². The Morgan fingerprint density at radius 3 is 3.00 bits per heavy atom. The summed E-state index contributed by atoms with van der Waals surface area (Å²) in [6.45, 7) is 0.804. The molecule has 4 rings (SSSR count). The molecule has 27 heavy (non-hydrogen) atoms. The second-order valence-corrected chi connectivity index (χ2v) is 6.59. The van der Waals surface area contributed by atoms with Gasteiger partial charge < -0.3 is 14.2 Å². The molecule has 7 heteroatoms. The zero-order valence-corrected chi connectivity index (χ0v) is 15.0. The van der Waals surface area contributed by atoms with E-state index in [1.807, 2.05) is 36.4 Å². The van der Waals surface area contributed by atoms with Gasteiger partial charge in [0.15, 0.2) is 0 Å². The lowest BCUT2D eigenvalue weighted by molar-refractivity contribution is -0.135. The van der Waals surface area contributed by atoms with Crippen molar-refractivity contribution in [3.05, 3.63) is 60.2 Å². The van der Waals surface area contributed by atoms with Crippen molar-refractivity contribution >= 4 is 5.91 Å². The Balaban J connectivity index is 1.43. The van der Waals surface area contributed by atoms with Crippen molar-refractivity contribution < 1.29 is 14.1 Å². The lowest BCUT2D eigenvalue weighted by atomic mass is 9.95. The van der Waals surface area contributed by atoms with Crippen LogP contribution in [0.1, 0.15) is 17.9 Å². The molecule has 1 amide bonds. The molecular formula is C20H20N4O3. The average Bonchev–Trinajstić information content (AvgIpc) is 3.05. The summed E-state index contributed by atoms with van der Waals surface area (Å²) < 4.78 is 11.1. The number of fused-ring (bicyclic) bond motifs is 1. The summed E-state index contributed by atoms with van der Waals surface area (Å²) in [5, 5.41) is 3.97. The summed E-state index contributed by atoms with van der Waals surface area (Å²) >= 11 is 0. The quantitative estimate of drug-likeness (QED) is 0.708. The Morgan fingerprint density at radius 2 is 2.15 bits per heavy atom.